The lowest BCUT2D eigenvalue weighted by molar-refractivity contribution is -0.380. The molecular formula is C18H21N3O5S2. The van der Waals surface area contributed by atoms with E-state index in [0.29, 0.717) is 12.3 Å². The molecule has 28 heavy (non-hydrogen) atoms. The van der Waals surface area contributed by atoms with Gasteiger partial charge in [-0.25, -0.2) is 13.4 Å². The number of benzene rings is 1. The second-order valence-corrected chi connectivity index (χ2v) is 10.1. The first kappa shape index (κ1) is 20.4. The third kappa shape index (κ3) is 4.93. The Morgan fingerprint density at radius 1 is 1.32 bits per heavy atom. The van der Waals surface area contributed by atoms with Crippen molar-refractivity contribution in [2.45, 2.75) is 42.9 Å². The van der Waals surface area contributed by atoms with Crippen LogP contribution in [0.4, 0.5) is 10.1 Å². The van der Waals surface area contributed by atoms with Gasteiger partial charge in [-0.2, -0.15) is 0 Å². The van der Waals surface area contributed by atoms with Gasteiger partial charge in [-0.05, 0) is 41.4 Å². The molecule has 1 heterocycles. The van der Waals surface area contributed by atoms with Gasteiger partial charge in [-0.15, -0.1) is 0 Å². The minimum atomic E-state index is -3.31. The fourth-order valence-electron chi connectivity index (χ4n) is 3.52. The molecule has 0 radical (unpaired) electrons. The highest BCUT2D eigenvalue weighted by molar-refractivity contribution is 7.90. The van der Waals surface area contributed by atoms with Gasteiger partial charge in [0, 0.05) is 6.26 Å². The van der Waals surface area contributed by atoms with Gasteiger partial charge in [0.05, 0.1) is 15.7 Å². The summed E-state index contributed by atoms with van der Waals surface area (Å²) in [4.78, 5) is 27.3. The molecule has 1 aromatic heterocycles. The fourth-order valence-corrected chi connectivity index (χ4v) is 4.79. The van der Waals surface area contributed by atoms with Crippen molar-refractivity contribution in [3.8, 4) is 0 Å². The maximum Gasteiger partial charge on any atom is 0.345 e. The minimum Gasteiger partial charge on any atom is -0.301 e. The van der Waals surface area contributed by atoms with Gasteiger partial charge >= 0.3 is 5.00 Å². The monoisotopic (exact) mass is 423 g/mol. The second kappa shape index (κ2) is 8.36. The molecule has 1 fully saturated rings. The van der Waals surface area contributed by atoms with E-state index in [4.69, 9.17) is 0 Å². The zero-order chi connectivity index (χ0) is 20.3. The number of thiazole rings is 1. The number of aromatic nitrogens is 1. The molecule has 1 aliphatic carbocycles. The first-order valence-electron chi connectivity index (χ1n) is 8.95. The van der Waals surface area contributed by atoms with E-state index < -0.39 is 20.7 Å². The summed E-state index contributed by atoms with van der Waals surface area (Å²) < 4.78 is 23.4. The Morgan fingerprint density at radius 2 is 1.96 bits per heavy atom. The quantitative estimate of drug-likeness (QED) is 0.535. The average molecular weight is 424 g/mol. The third-order valence-corrected chi connectivity index (χ3v) is 6.97. The molecule has 1 N–H and O–H groups in total. The molecule has 1 unspecified atom stereocenters. The molecule has 3 rings (SSSR count). The molecule has 8 nitrogen and oxygen atoms in total. The summed E-state index contributed by atoms with van der Waals surface area (Å²) in [7, 11) is -3.31. The highest BCUT2D eigenvalue weighted by atomic mass is 32.2. The van der Waals surface area contributed by atoms with Crippen LogP contribution in [0.5, 0.6) is 0 Å². The van der Waals surface area contributed by atoms with Crippen LogP contribution in [-0.2, 0) is 14.6 Å². The Labute approximate surface area is 167 Å². The van der Waals surface area contributed by atoms with Gasteiger partial charge in [-0.3, -0.25) is 14.9 Å². The molecule has 0 aliphatic heterocycles. The predicted molar refractivity (Wildman–Crippen MR) is 106 cm³/mol. The molecule has 1 amide bonds. The topological polar surface area (TPSA) is 119 Å². The van der Waals surface area contributed by atoms with E-state index in [9.17, 15) is 23.3 Å². The number of rotatable bonds is 7. The van der Waals surface area contributed by atoms with Crippen LogP contribution in [0.3, 0.4) is 0 Å². The van der Waals surface area contributed by atoms with Gasteiger partial charge in [0.25, 0.3) is 0 Å². The van der Waals surface area contributed by atoms with E-state index in [1.165, 1.54) is 12.1 Å². The fraction of sp³-hybridized carbons (Fsp3) is 0.444. The van der Waals surface area contributed by atoms with Crippen LogP contribution in [0.15, 0.2) is 35.4 Å². The molecule has 1 saturated carbocycles. The Morgan fingerprint density at radius 3 is 2.50 bits per heavy atom. The number of carbonyl (C=O) groups excluding carboxylic acids is 1. The van der Waals surface area contributed by atoms with Crippen molar-refractivity contribution in [1.82, 2.24) is 4.98 Å². The smallest absolute Gasteiger partial charge is 0.301 e. The number of amides is 1. The number of hydrogen-bond acceptors (Lipinski definition) is 7. The number of anilines is 1. The standard InChI is InChI=1S/C18H21N3O5S2/c1-28(25,26)14-8-6-13(7-9-14)15(10-12-4-2-3-5-12)17(22)20-18-19-11-16(27-18)21(23)24/h6-9,11-12,15H,2-5,10H2,1H3,(H,19,20,22). The molecule has 1 aromatic carbocycles. The number of nitrogens with zero attached hydrogens (tertiary/aromatic N) is 2. The maximum atomic E-state index is 12.9. The summed E-state index contributed by atoms with van der Waals surface area (Å²) in [6.07, 6.45) is 7.32. The average Bonchev–Trinajstić information content (AvgIpc) is 3.30. The second-order valence-electron chi connectivity index (χ2n) is 7.03. The number of sulfone groups is 1. The molecule has 2 aromatic rings. The van der Waals surface area contributed by atoms with E-state index in [1.54, 1.807) is 12.1 Å². The van der Waals surface area contributed by atoms with Crippen molar-refractivity contribution in [2.75, 3.05) is 11.6 Å². The predicted octanol–water partition coefficient (Wildman–Crippen LogP) is 3.76. The SMILES string of the molecule is CS(=O)(=O)c1ccc(C(CC2CCCC2)C(=O)Nc2ncc([N+](=O)[O-])s2)cc1. The van der Waals surface area contributed by atoms with E-state index >= 15 is 0 Å². The summed E-state index contributed by atoms with van der Waals surface area (Å²) in [5.74, 6) is -0.334. The molecule has 150 valence electrons. The summed E-state index contributed by atoms with van der Waals surface area (Å²) in [6, 6.07) is 6.35. The molecule has 1 aliphatic rings. The van der Waals surface area contributed by atoms with Crippen LogP contribution in [0.2, 0.25) is 0 Å². The Balaban J connectivity index is 1.82. The summed E-state index contributed by atoms with van der Waals surface area (Å²) in [5, 5.41) is 13.5. The highest BCUT2D eigenvalue weighted by Crippen LogP contribution is 2.35. The molecule has 0 saturated heterocycles. The summed E-state index contributed by atoms with van der Waals surface area (Å²) >= 11 is 0.809. The minimum absolute atomic E-state index is 0.139. The van der Waals surface area contributed by atoms with Crippen molar-refractivity contribution >= 4 is 37.2 Å². The first-order chi connectivity index (χ1) is 13.2. The molecular weight excluding hydrogens is 402 g/mol. The number of hydrogen-bond donors (Lipinski definition) is 1. The van der Waals surface area contributed by atoms with Crippen LogP contribution in [0.1, 0.15) is 43.6 Å². The van der Waals surface area contributed by atoms with Crippen molar-refractivity contribution in [3.05, 3.63) is 46.1 Å². The Kier molecular flexibility index (Phi) is 6.09. The van der Waals surface area contributed by atoms with E-state index in [-0.39, 0.29) is 20.9 Å². The van der Waals surface area contributed by atoms with Crippen LogP contribution in [0, 0.1) is 16.0 Å². The molecule has 0 bridgehead atoms. The summed E-state index contributed by atoms with van der Waals surface area (Å²) in [6.45, 7) is 0. The number of carbonyl (C=O) groups is 1. The van der Waals surface area contributed by atoms with Crippen LogP contribution in [-0.4, -0.2) is 30.5 Å². The van der Waals surface area contributed by atoms with E-state index in [0.717, 1.165) is 55.0 Å². The normalized spacial score (nSPS) is 16.0. The van der Waals surface area contributed by atoms with Gasteiger partial charge in [0.15, 0.2) is 15.0 Å². The largest absolute Gasteiger partial charge is 0.345 e. The van der Waals surface area contributed by atoms with Gasteiger partial charge in [0.1, 0.15) is 6.20 Å². The zero-order valence-corrected chi connectivity index (χ0v) is 17.0. The van der Waals surface area contributed by atoms with Crippen molar-refractivity contribution in [2.24, 2.45) is 5.92 Å². The van der Waals surface area contributed by atoms with Crippen molar-refractivity contribution < 1.29 is 18.1 Å². The zero-order valence-electron chi connectivity index (χ0n) is 15.3. The van der Waals surface area contributed by atoms with Crippen LogP contribution in [0.25, 0.3) is 0 Å². The van der Waals surface area contributed by atoms with E-state index in [1.807, 2.05) is 0 Å². The summed E-state index contributed by atoms with van der Waals surface area (Å²) in [5.41, 5.74) is 0.725. The van der Waals surface area contributed by atoms with Crippen LogP contribution < -0.4 is 5.32 Å². The highest BCUT2D eigenvalue weighted by Gasteiger charge is 2.28. The van der Waals surface area contributed by atoms with Gasteiger partial charge in [-0.1, -0.05) is 37.8 Å². The third-order valence-electron chi connectivity index (χ3n) is 4.97. The lowest BCUT2D eigenvalue weighted by atomic mass is 9.87. The van der Waals surface area contributed by atoms with Gasteiger partial charge < -0.3 is 5.32 Å². The number of nitrogens with one attached hydrogen (secondary N) is 1. The Bertz CT molecular complexity index is 963. The lowest BCUT2D eigenvalue weighted by Gasteiger charge is -2.20. The Hall–Kier alpha value is -2.33. The van der Waals surface area contributed by atoms with Crippen molar-refractivity contribution in [1.29, 1.82) is 0 Å². The first-order valence-corrected chi connectivity index (χ1v) is 11.7. The number of nitro groups is 1. The molecule has 1 atom stereocenters. The van der Waals surface area contributed by atoms with Crippen LogP contribution >= 0.6 is 11.3 Å². The maximum absolute atomic E-state index is 12.9. The van der Waals surface area contributed by atoms with Gasteiger partial charge in [0.2, 0.25) is 5.91 Å². The van der Waals surface area contributed by atoms with E-state index in [2.05, 4.69) is 10.3 Å². The molecule has 10 heteroatoms. The lowest BCUT2D eigenvalue weighted by Crippen LogP contribution is -2.23. The van der Waals surface area contributed by atoms with Crippen molar-refractivity contribution in [3.63, 3.8) is 0 Å². The molecule has 0 spiro atoms.